The molecule has 1 saturated heterocycles. The third kappa shape index (κ3) is 2.89. The monoisotopic (exact) mass is 353 g/mol. The SMILES string of the molecule is Cc1cccc(NC(=O)NCCN2C(=O)[C@@H]3[C@H](C2=O)[C@H]2C=C[C@H]3CC2)c1. The predicted molar refractivity (Wildman–Crippen MR) is 97.3 cm³/mol. The number of fused-ring (bicyclic) bond motifs is 1. The van der Waals surface area contributed by atoms with Gasteiger partial charge in [-0.3, -0.25) is 14.5 Å². The van der Waals surface area contributed by atoms with Gasteiger partial charge in [-0.1, -0.05) is 24.3 Å². The largest absolute Gasteiger partial charge is 0.336 e. The lowest BCUT2D eigenvalue weighted by atomic mass is 9.63. The van der Waals surface area contributed by atoms with E-state index < -0.39 is 0 Å². The fourth-order valence-electron chi connectivity index (χ4n) is 4.54. The lowest BCUT2D eigenvalue weighted by Gasteiger charge is -2.38. The Morgan fingerprint density at radius 3 is 2.35 bits per heavy atom. The summed E-state index contributed by atoms with van der Waals surface area (Å²) in [5.41, 5.74) is 1.77. The zero-order chi connectivity index (χ0) is 18.3. The van der Waals surface area contributed by atoms with Crippen LogP contribution in [0.4, 0.5) is 10.5 Å². The third-order valence-electron chi connectivity index (χ3n) is 5.75. The Bertz CT molecular complexity index is 756. The Balaban J connectivity index is 1.32. The molecular formula is C20H23N3O3. The molecule has 0 radical (unpaired) electrons. The van der Waals surface area contributed by atoms with Crippen LogP contribution in [-0.2, 0) is 9.59 Å². The van der Waals surface area contributed by atoms with Crippen LogP contribution in [0.1, 0.15) is 18.4 Å². The van der Waals surface area contributed by atoms with E-state index in [1.165, 1.54) is 4.90 Å². The summed E-state index contributed by atoms with van der Waals surface area (Å²) in [7, 11) is 0. The number of hydrogen-bond acceptors (Lipinski definition) is 3. The standard InChI is InChI=1S/C20H23N3O3/c1-12-3-2-4-15(11-12)22-20(26)21-9-10-23-18(24)16-13-5-6-14(8-7-13)17(16)19(23)25/h2-6,11,13-14,16-17H,7-10H2,1H3,(H2,21,22,26)/t13-,14-,16-,17+/m0/s1. The van der Waals surface area contributed by atoms with Crippen LogP contribution in [-0.4, -0.2) is 35.8 Å². The number of amides is 4. The molecule has 5 rings (SSSR count). The summed E-state index contributed by atoms with van der Waals surface area (Å²) in [6.07, 6.45) is 6.20. The second-order valence-electron chi connectivity index (χ2n) is 7.42. The number of likely N-dealkylation sites (tertiary alicyclic amines) is 1. The minimum Gasteiger partial charge on any atom is -0.336 e. The molecule has 0 aromatic heterocycles. The van der Waals surface area contributed by atoms with Crippen molar-refractivity contribution in [1.82, 2.24) is 10.2 Å². The Kier molecular flexibility index (Phi) is 4.26. The normalized spacial score (nSPS) is 29.0. The number of anilines is 1. The van der Waals surface area contributed by atoms with Gasteiger partial charge in [0.1, 0.15) is 0 Å². The van der Waals surface area contributed by atoms with E-state index >= 15 is 0 Å². The molecule has 1 heterocycles. The van der Waals surface area contributed by atoms with Gasteiger partial charge in [0.15, 0.2) is 0 Å². The maximum absolute atomic E-state index is 12.7. The predicted octanol–water partition coefficient (Wildman–Crippen LogP) is 2.31. The first-order valence-corrected chi connectivity index (χ1v) is 9.19. The maximum Gasteiger partial charge on any atom is 0.319 e. The number of rotatable bonds is 4. The highest BCUT2D eigenvalue weighted by Crippen LogP contribution is 2.49. The van der Waals surface area contributed by atoms with Crippen molar-refractivity contribution in [3.63, 3.8) is 0 Å². The quantitative estimate of drug-likeness (QED) is 0.644. The summed E-state index contributed by atoms with van der Waals surface area (Å²) in [5.74, 6) is -0.118. The smallest absolute Gasteiger partial charge is 0.319 e. The van der Waals surface area contributed by atoms with Crippen LogP contribution in [0, 0.1) is 30.6 Å². The zero-order valence-electron chi connectivity index (χ0n) is 14.8. The summed E-state index contributed by atoms with van der Waals surface area (Å²) in [5, 5.41) is 5.48. The fourth-order valence-corrected chi connectivity index (χ4v) is 4.54. The Labute approximate surface area is 152 Å². The highest BCUT2D eigenvalue weighted by molar-refractivity contribution is 6.06. The van der Waals surface area contributed by atoms with Crippen LogP contribution in [0.15, 0.2) is 36.4 Å². The van der Waals surface area contributed by atoms with Gasteiger partial charge < -0.3 is 10.6 Å². The molecule has 4 amide bonds. The molecule has 1 aromatic carbocycles. The summed E-state index contributed by atoms with van der Waals surface area (Å²) in [4.78, 5) is 38.7. The Hall–Kier alpha value is -2.63. The molecule has 4 aliphatic rings. The zero-order valence-corrected chi connectivity index (χ0v) is 14.8. The minimum absolute atomic E-state index is 0.0695. The van der Waals surface area contributed by atoms with E-state index in [9.17, 15) is 14.4 Å². The molecule has 3 aliphatic carbocycles. The lowest BCUT2D eigenvalue weighted by molar-refractivity contribution is -0.140. The van der Waals surface area contributed by atoms with Crippen molar-refractivity contribution < 1.29 is 14.4 Å². The molecule has 2 N–H and O–H groups in total. The van der Waals surface area contributed by atoms with Gasteiger partial charge in [-0.05, 0) is 49.3 Å². The molecule has 2 bridgehead atoms. The van der Waals surface area contributed by atoms with E-state index in [1.807, 2.05) is 31.2 Å². The van der Waals surface area contributed by atoms with E-state index in [4.69, 9.17) is 0 Å². The third-order valence-corrected chi connectivity index (χ3v) is 5.75. The summed E-state index contributed by atoms with van der Waals surface area (Å²) >= 11 is 0. The van der Waals surface area contributed by atoms with Crippen molar-refractivity contribution in [3.8, 4) is 0 Å². The number of nitrogens with zero attached hydrogens (tertiary/aromatic N) is 1. The van der Waals surface area contributed by atoms with E-state index in [2.05, 4.69) is 22.8 Å². The second kappa shape index (κ2) is 6.59. The molecule has 0 unspecified atom stereocenters. The van der Waals surface area contributed by atoms with Gasteiger partial charge in [-0.2, -0.15) is 0 Å². The summed E-state index contributed by atoms with van der Waals surface area (Å²) in [6.45, 7) is 2.43. The van der Waals surface area contributed by atoms with Gasteiger partial charge in [-0.25, -0.2) is 4.79 Å². The first-order valence-electron chi connectivity index (χ1n) is 9.19. The molecule has 6 heteroatoms. The molecule has 1 aliphatic heterocycles. The number of urea groups is 1. The molecule has 26 heavy (non-hydrogen) atoms. The van der Waals surface area contributed by atoms with Crippen LogP contribution in [0.2, 0.25) is 0 Å². The molecule has 4 atom stereocenters. The average Bonchev–Trinajstić information content (AvgIpc) is 2.90. The number of aryl methyl sites for hydroxylation is 1. The number of nitrogens with one attached hydrogen (secondary N) is 2. The van der Waals surface area contributed by atoms with Gasteiger partial charge in [-0.15, -0.1) is 0 Å². The van der Waals surface area contributed by atoms with Crippen molar-refractivity contribution >= 4 is 23.5 Å². The van der Waals surface area contributed by atoms with Crippen LogP contribution < -0.4 is 10.6 Å². The van der Waals surface area contributed by atoms with Crippen molar-refractivity contribution in [1.29, 1.82) is 0 Å². The fraction of sp³-hybridized carbons (Fsp3) is 0.450. The summed E-state index contributed by atoms with van der Waals surface area (Å²) < 4.78 is 0. The molecule has 136 valence electrons. The molecule has 1 saturated carbocycles. The number of carbonyl (C=O) groups is 3. The number of imide groups is 1. The van der Waals surface area contributed by atoms with Crippen molar-refractivity contribution in [3.05, 3.63) is 42.0 Å². The minimum atomic E-state index is -0.339. The van der Waals surface area contributed by atoms with Gasteiger partial charge in [0, 0.05) is 18.8 Å². The topological polar surface area (TPSA) is 78.5 Å². The van der Waals surface area contributed by atoms with E-state index in [0.29, 0.717) is 5.69 Å². The van der Waals surface area contributed by atoms with E-state index in [-0.39, 0.29) is 54.6 Å². The van der Waals surface area contributed by atoms with E-state index in [0.717, 1.165) is 18.4 Å². The molecular weight excluding hydrogens is 330 g/mol. The molecule has 1 aromatic rings. The second-order valence-corrected chi connectivity index (χ2v) is 7.42. The average molecular weight is 353 g/mol. The number of allylic oxidation sites excluding steroid dienone is 2. The number of benzene rings is 1. The number of hydrogen-bond donors (Lipinski definition) is 2. The van der Waals surface area contributed by atoms with E-state index in [1.54, 1.807) is 0 Å². The van der Waals surface area contributed by atoms with Crippen LogP contribution in [0.25, 0.3) is 0 Å². The van der Waals surface area contributed by atoms with Crippen molar-refractivity contribution in [2.24, 2.45) is 23.7 Å². The van der Waals surface area contributed by atoms with Gasteiger partial charge in [0.25, 0.3) is 0 Å². The van der Waals surface area contributed by atoms with Crippen LogP contribution in [0.5, 0.6) is 0 Å². The van der Waals surface area contributed by atoms with Crippen LogP contribution >= 0.6 is 0 Å². The number of carbonyl (C=O) groups excluding carboxylic acids is 3. The van der Waals surface area contributed by atoms with Gasteiger partial charge in [0.2, 0.25) is 11.8 Å². The van der Waals surface area contributed by atoms with Gasteiger partial charge >= 0.3 is 6.03 Å². The molecule has 6 nitrogen and oxygen atoms in total. The molecule has 0 spiro atoms. The first-order chi connectivity index (χ1) is 12.5. The highest BCUT2D eigenvalue weighted by Gasteiger charge is 2.56. The lowest BCUT2D eigenvalue weighted by Crippen LogP contribution is -2.40. The Morgan fingerprint density at radius 1 is 1.12 bits per heavy atom. The summed E-state index contributed by atoms with van der Waals surface area (Å²) in [6, 6.07) is 7.17. The van der Waals surface area contributed by atoms with Gasteiger partial charge in [0.05, 0.1) is 11.8 Å². The first kappa shape index (κ1) is 16.8. The molecule has 2 fully saturated rings. The maximum atomic E-state index is 12.7. The Morgan fingerprint density at radius 2 is 1.77 bits per heavy atom. The highest BCUT2D eigenvalue weighted by atomic mass is 16.2. The van der Waals surface area contributed by atoms with Crippen LogP contribution in [0.3, 0.4) is 0 Å². The van der Waals surface area contributed by atoms with Crippen molar-refractivity contribution in [2.75, 3.05) is 18.4 Å². The van der Waals surface area contributed by atoms with Crippen molar-refractivity contribution in [2.45, 2.75) is 19.8 Å².